The molecule has 0 saturated carbocycles. The smallest absolute Gasteiger partial charge is 0.0598 e. The fourth-order valence-electron chi connectivity index (χ4n) is 1.01. The van der Waals surface area contributed by atoms with Gasteiger partial charge in [0, 0.05) is 12.8 Å². The van der Waals surface area contributed by atoms with Gasteiger partial charge in [0.2, 0.25) is 0 Å². The van der Waals surface area contributed by atoms with Crippen LogP contribution in [0.2, 0.25) is 10.0 Å². The van der Waals surface area contributed by atoms with Crippen molar-refractivity contribution in [3.8, 4) is 0 Å². The molecule has 0 unspecified atom stereocenters. The number of unbranched alkanes of at least 4 members (excludes halogenated alkanes) is 1. The maximum atomic E-state index is 5.86. The number of aliphatic imine (C=N–C) groups is 1. The van der Waals surface area contributed by atoms with Gasteiger partial charge in [-0.2, -0.15) is 0 Å². The van der Waals surface area contributed by atoms with Gasteiger partial charge in [0.25, 0.3) is 0 Å². The first-order valence-electron chi connectivity index (χ1n) is 4.69. The van der Waals surface area contributed by atoms with Crippen molar-refractivity contribution in [2.75, 3.05) is 6.54 Å². The molecule has 0 N–H and O–H groups in total. The molecule has 0 atom stereocenters. The molecular formula is C11H13Cl2N. The van der Waals surface area contributed by atoms with Crippen LogP contribution in [0.4, 0.5) is 0 Å². The van der Waals surface area contributed by atoms with Gasteiger partial charge in [-0.15, -0.1) is 0 Å². The number of rotatable bonds is 4. The van der Waals surface area contributed by atoms with E-state index in [2.05, 4.69) is 11.9 Å². The van der Waals surface area contributed by atoms with Crippen molar-refractivity contribution in [1.29, 1.82) is 0 Å². The van der Waals surface area contributed by atoms with E-state index in [1.54, 1.807) is 6.07 Å². The van der Waals surface area contributed by atoms with E-state index in [0.717, 1.165) is 18.5 Å². The van der Waals surface area contributed by atoms with E-state index >= 15 is 0 Å². The van der Waals surface area contributed by atoms with Crippen LogP contribution in [-0.2, 0) is 0 Å². The first-order valence-corrected chi connectivity index (χ1v) is 5.44. The molecule has 0 bridgehead atoms. The second kappa shape index (κ2) is 6.05. The monoisotopic (exact) mass is 229 g/mol. The van der Waals surface area contributed by atoms with Gasteiger partial charge in [-0.25, -0.2) is 0 Å². The third-order valence-corrected chi connectivity index (χ3v) is 2.56. The third-order valence-electron chi connectivity index (χ3n) is 1.82. The molecule has 14 heavy (non-hydrogen) atoms. The van der Waals surface area contributed by atoms with Gasteiger partial charge < -0.3 is 0 Å². The summed E-state index contributed by atoms with van der Waals surface area (Å²) in [6.07, 6.45) is 4.12. The molecule has 76 valence electrons. The SMILES string of the molecule is CCCCN=Cc1ccc(Cl)c(Cl)c1. The lowest BCUT2D eigenvalue weighted by molar-refractivity contribution is 0.810. The molecule has 3 heteroatoms. The Morgan fingerprint density at radius 1 is 1.29 bits per heavy atom. The third kappa shape index (κ3) is 3.69. The minimum atomic E-state index is 0.575. The standard InChI is InChI=1S/C11H13Cl2N/c1-2-3-6-14-8-9-4-5-10(12)11(13)7-9/h4-5,7-8H,2-3,6H2,1H3. The molecule has 0 spiro atoms. The zero-order chi connectivity index (χ0) is 10.4. The van der Waals surface area contributed by atoms with Crippen molar-refractivity contribution < 1.29 is 0 Å². The Balaban J connectivity index is 2.59. The molecule has 0 radical (unpaired) electrons. The Morgan fingerprint density at radius 3 is 2.71 bits per heavy atom. The Hall–Kier alpha value is -0.530. The van der Waals surface area contributed by atoms with Crippen molar-refractivity contribution in [2.24, 2.45) is 4.99 Å². The van der Waals surface area contributed by atoms with Crippen LogP contribution in [0.25, 0.3) is 0 Å². The summed E-state index contributed by atoms with van der Waals surface area (Å²) < 4.78 is 0. The predicted octanol–water partition coefficient (Wildman–Crippen LogP) is 4.21. The van der Waals surface area contributed by atoms with Gasteiger partial charge in [0.05, 0.1) is 10.0 Å². The average molecular weight is 230 g/mol. The van der Waals surface area contributed by atoms with Crippen LogP contribution in [0.5, 0.6) is 0 Å². The molecule has 0 aliphatic heterocycles. The number of halogens is 2. The highest BCUT2D eigenvalue weighted by atomic mass is 35.5. The maximum absolute atomic E-state index is 5.86. The minimum Gasteiger partial charge on any atom is -0.293 e. The molecule has 0 fully saturated rings. The minimum absolute atomic E-state index is 0.575. The summed E-state index contributed by atoms with van der Waals surface area (Å²) in [6, 6.07) is 5.51. The van der Waals surface area contributed by atoms with Crippen molar-refractivity contribution in [3.05, 3.63) is 33.8 Å². The Morgan fingerprint density at radius 2 is 2.07 bits per heavy atom. The summed E-state index contributed by atoms with van der Waals surface area (Å²) >= 11 is 11.6. The van der Waals surface area contributed by atoms with E-state index < -0.39 is 0 Å². The molecule has 0 aliphatic rings. The Kier molecular flexibility index (Phi) is 4.99. The van der Waals surface area contributed by atoms with E-state index in [9.17, 15) is 0 Å². The lowest BCUT2D eigenvalue weighted by Crippen LogP contribution is -1.84. The summed E-state index contributed by atoms with van der Waals surface area (Å²) in [5.41, 5.74) is 0.996. The van der Waals surface area contributed by atoms with Crippen molar-refractivity contribution in [2.45, 2.75) is 19.8 Å². The highest BCUT2D eigenvalue weighted by Gasteiger charge is 1.96. The van der Waals surface area contributed by atoms with Crippen molar-refractivity contribution in [1.82, 2.24) is 0 Å². The molecule has 1 rings (SSSR count). The summed E-state index contributed by atoms with van der Waals surface area (Å²) in [5.74, 6) is 0. The molecule has 0 saturated heterocycles. The molecule has 0 aliphatic carbocycles. The van der Waals surface area contributed by atoms with Crippen molar-refractivity contribution >= 4 is 29.4 Å². The second-order valence-electron chi connectivity index (χ2n) is 3.06. The molecule has 1 aromatic carbocycles. The van der Waals surface area contributed by atoms with E-state index in [4.69, 9.17) is 23.2 Å². The lowest BCUT2D eigenvalue weighted by atomic mass is 10.2. The van der Waals surface area contributed by atoms with Crippen LogP contribution in [0, 0.1) is 0 Å². The van der Waals surface area contributed by atoms with Gasteiger partial charge in [-0.3, -0.25) is 4.99 Å². The fraction of sp³-hybridized carbons (Fsp3) is 0.364. The van der Waals surface area contributed by atoms with E-state index in [1.807, 2.05) is 18.3 Å². The van der Waals surface area contributed by atoms with Gasteiger partial charge in [0.1, 0.15) is 0 Å². The fourth-order valence-corrected chi connectivity index (χ4v) is 1.32. The van der Waals surface area contributed by atoms with Gasteiger partial charge in [-0.05, 0) is 24.1 Å². The summed E-state index contributed by atoms with van der Waals surface area (Å²) in [7, 11) is 0. The lowest BCUT2D eigenvalue weighted by Gasteiger charge is -1.97. The molecular weight excluding hydrogens is 217 g/mol. The summed E-state index contributed by atoms with van der Waals surface area (Å²) in [5, 5.41) is 1.16. The maximum Gasteiger partial charge on any atom is 0.0598 e. The average Bonchev–Trinajstić information content (AvgIpc) is 2.18. The predicted molar refractivity (Wildman–Crippen MR) is 63.8 cm³/mol. The van der Waals surface area contributed by atoms with E-state index in [-0.39, 0.29) is 0 Å². The largest absolute Gasteiger partial charge is 0.293 e. The highest BCUT2D eigenvalue weighted by Crippen LogP contribution is 2.21. The second-order valence-corrected chi connectivity index (χ2v) is 3.88. The van der Waals surface area contributed by atoms with Crippen LogP contribution in [0.1, 0.15) is 25.3 Å². The highest BCUT2D eigenvalue weighted by molar-refractivity contribution is 6.42. The number of benzene rings is 1. The first-order chi connectivity index (χ1) is 6.74. The molecule has 1 aromatic rings. The van der Waals surface area contributed by atoms with Crippen LogP contribution >= 0.6 is 23.2 Å². The summed E-state index contributed by atoms with van der Waals surface area (Å²) in [4.78, 5) is 4.28. The molecule has 0 aromatic heterocycles. The zero-order valence-corrected chi connectivity index (χ0v) is 9.65. The normalized spacial score (nSPS) is 11.1. The van der Waals surface area contributed by atoms with E-state index in [1.165, 1.54) is 6.42 Å². The van der Waals surface area contributed by atoms with Crippen LogP contribution in [0.3, 0.4) is 0 Å². The van der Waals surface area contributed by atoms with Crippen LogP contribution < -0.4 is 0 Å². The van der Waals surface area contributed by atoms with Gasteiger partial charge >= 0.3 is 0 Å². The van der Waals surface area contributed by atoms with E-state index in [0.29, 0.717) is 10.0 Å². The zero-order valence-electron chi connectivity index (χ0n) is 8.13. The molecule has 1 nitrogen and oxygen atoms in total. The molecule has 0 heterocycles. The van der Waals surface area contributed by atoms with Gasteiger partial charge in [-0.1, -0.05) is 42.6 Å². The Bertz CT molecular complexity index is 321. The number of nitrogens with zero attached hydrogens (tertiary/aromatic N) is 1. The summed E-state index contributed by atoms with van der Waals surface area (Å²) in [6.45, 7) is 3.02. The number of hydrogen-bond acceptors (Lipinski definition) is 1. The topological polar surface area (TPSA) is 12.4 Å². The quantitative estimate of drug-likeness (QED) is 0.542. The number of hydrogen-bond donors (Lipinski definition) is 0. The molecule has 0 amide bonds. The Labute approximate surface area is 94.8 Å². The van der Waals surface area contributed by atoms with Crippen LogP contribution in [0.15, 0.2) is 23.2 Å². The van der Waals surface area contributed by atoms with Crippen LogP contribution in [-0.4, -0.2) is 12.8 Å². The van der Waals surface area contributed by atoms with Gasteiger partial charge in [0.15, 0.2) is 0 Å². The van der Waals surface area contributed by atoms with Crippen molar-refractivity contribution in [3.63, 3.8) is 0 Å². The first kappa shape index (κ1) is 11.5.